The monoisotopic (exact) mass is 1080 g/mol. The van der Waals surface area contributed by atoms with Crippen molar-refractivity contribution in [2.24, 2.45) is 0 Å². The Morgan fingerprint density at radius 1 is 0.548 bits per heavy atom. The summed E-state index contributed by atoms with van der Waals surface area (Å²) >= 11 is 7.48. The Hall–Kier alpha value is -9.30. The normalized spacial score (nSPS) is 11.1. The molecule has 0 aliphatic rings. The maximum Gasteiger partial charge on any atom is 0.573 e. The molecule has 0 fully saturated rings. The Morgan fingerprint density at radius 2 is 0.918 bits per heavy atom. The summed E-state index contributed by atoms with van der Waals surface area (Å²) in [4.78, 5) is 66.3. The first kappa shape index (κ1) is 51.5. The number of benzene rings is 3. The Balaban J connectivity index is 0.000000161. The number of rotatable bonds is 10. The minimum absolute atomic E-state index is 0.0265. The Bertz CT molecular complexity index is 3780. The molecule has 0 spiro atoms. The molecule has 9 rings (SSSR count). The van der Waals surface area contributed by atoms with Gasteiger partial charge in [-0.3, -0.25) is 44.0 Å². The van der Waals surface area contributed by atoms with Gasteiger partial charge in [-0.05, 0) is 48.5 Å². The van der Waals surface area contributed by atoms with Crippen LogP contribution in [0.3, 0.4) is 0 Å². The molecule has 73 heavy (non-hydrogen) atoms. The van der Waals surface area contributed by atoms with Crippen LogP contribution in [0.5, 0.6) is 5.75 Å². The lowest BCUT2D eigenvalue weighted by Crippen LogP contribution is -2.17. The maximum absolute atomic E-state index is 12.9. The van der Waals surface area contributed by atoms with Crippen LogP contribution in [0.4, 0.5) is 43.4 Å². The molecular formula is C38H15ClF6N18O7S3. The van der Waals surface area contributed by atoms with E-state index in [2.05, 4.69) is 49.6 Å². The Morgan fingerprint density at radius 3 is 1.29 bits per heavy atom. The van der Waals surface area contributed by atoms with Crippen LogP contribution in [0.15, 0.2) is 107 Å². The Kier molecular flexibility index (Phi) is 15.1. The van der Waals surface area contributed by atoms with Crippen molar-refractivity contribution in [2.75, 3.05) is 0 Å². The largest absolute Gasteiger partial charge is 0.573 e. The summed E-state index contributed by atoms with van der Waals surface area (Å²) in [6.07, 6.45) is -2.61. The van der Waals surface area contributed by atoms with Crippen LogP contribution in [-0.4, -0.2) is 79.7 Å². The van der Waals surface area contributed by atoms with E-state index >= 15 is 0 Å². The van der Waals surface area contributed by atoms with E-state index in [4.69, 9.17) is 27.4 Å². The van der Waals surface area contributed by atoms with Crippen LogP contribution >= 0.6 is 46.9 Å². The zero-order chi connectivity index (χ0) is 52.8. The second-order valence-electron chi connectivity index (χ2n) is 13.3. The third kappa shape index (κ3) is 11.8. The minimum atomic E-state index is -4.86. The van der Waals surface area contributed by atoms with Crippen molar-refractivity contribution in [3.8, 4) is 39.8 Å². The van der Waals surface area contributed by atoms with Crippen LogP contribution < -0.4 is 4.74 Å². The number of imidazole rings is 3. The molecule has 6 aromatic heterocycles. The minimum Gasteiger partial charge on any atom is -0.406 e. The predicted octanol–water partition coefficient (Wildman–Crippen LogP) is 9.46. The first-order valence-corrected chi connectivity index (χ1v) is 21.6. The summed E-state index contributed by atoms with van der Waals surface area (Å²) < 4.78 is 83.6. The molecule has 0 saturated carbocycles. The number of nitrogens with zero attached hydrogens (tertiary/aromatic N) is 18. The van der Waals surface area contributed by atoms with Crippen molar-refractivity contribution in [2.45, 2.75) is 27.6 Å². The fraction of sp³-hybridized carbons (Fsp3) is 0.0526. The van der Waals surface area contributed by atoms with Crippen molar-refractivity contribution in [3.63, 3.8) is 0 Å². The van der Waals surface area contributed by atoms with Gasteiger partial charge in [0.05, 0.1) is 53.4 Å². The van der Waals surface area contributed by atoms with Gasteiger partial charge in [0.25, 0.3) is 0 Å². The average Bonchev–Trinajstić information content (AvgIpc) is 4.08. The van der Waals surface area contributed by atoms with Gasteiger partial charge in [-0.25, -0.2) is 29.9 Å². The van der Waals surface area contributed by atoms with Gasteiger partial charge in [0.15, 0.2) is 15.1 Å². The standard InChI is InChI=1S/C13H5F3N6O3S.C13H5F3N6O2S.C12H5ClN6O2S/c14-13(15,16)25-7-1-2-8-9(3-7)21(6-19-8)12-18-4-10(22(23)24)11(20-12)26-5-17;14-13(15,16)7-1-2-8-9(3-7)21(6-19-8)12-18-4-10(22(23)24)11(20-12)25-5-17;13-7-1-2-8-9(3-7)18(6-16-8)12-15-4-10(19(20)21)11(17-12)22-5-14/h1-4,6H;1-4,6H;1-4,6H. The SMILES string of the molecule is N#CSc1nc(-n2cnc3ccc(C(F)(F)F)cc32)ncc1[N+](=O)[O-].N#CSc1nc(-n2cnc3ccc(Cl)cc32)ncc1[N+](=O)[O-].N#CSc1nc(-n2cnc3ccc(OC(F)(F)F)cc32)ncc1[N+](=O)[O-]. The van der Waals surface area contributed by atoms with Crippen LogP contribution in [0.2, 0.25) is 5.02 Å². The molecule has 0 saturated heterocycles. The van der Waals surface area contributed by atoms with Gasteiger partial charge < -0.3 is 4.74 Å². The van der Waals surface area contributed by atoms with Crippen LogP contribution in [0, 0.1) is 62.3 Å². The van der Waals surface area contributed by atoms with Crippen molar-refractivity contribution >= 4 is 97.0 Å². The molecule has 0 aliphatic carbocycles. The van der Waals surface area contributed by atoms with Crippen LogP contribution in [-0.2, 0) is 6.18 Å². The molecule has 0 radical (unpaired) electrons. The van der Waals surface area contributed by atoms with E-state index in [-0.39, 0.29) is 55.2 Å². The number of ether oxygens (including phenoxy) is 1. The molecule has 0 N–H and O–H groups in total. The van der Waals surface area contributed by atoms with E-state index in [9.17, 15) is 56.7 Å². The van der Waals surface area contributed by atoms with Gasteiger partial charge in [-0.15, -0.1) is 13.2 Å². The molecule has 6 heterocycles. The van der Waals surface area contributed by atoms with Gasteiger partial charge in [-0.1, -0.05) is 11.6 Å². The highest BCUT2D eigenvalue weighted by Crippen LogP contribution is 2.34. The first-order valence-electron chi connectivity index (χ1n) is 18.8. The second kappa shape index (κ2) is 21.4. The number of alkyl halides is 6. The lowest BCUT2D eigenvalue weighted by Gasteiger charge is -2.09. The fourth-order valence-corrected chi connectivity index (χ4v) is 7.46. The zero-order valence-electron chi connectivity index (χ0n) is 34.9. The summed E-state index contributed by atoms with van der Waals surface area (Å²) in [7, 11) is 0. The molecule has 0 amide bonds. The first-order chi connectivity index (χ1) is 34.7. The molecule has 0 aliphatic heterocycles. The second-order valence-corrected chi connectivity index (χ2v) is 16.1. The number of aromatic nitrogens is 12. The van der Waals surface area contributed by atoms with Crippen molar-refractivity contribution in [1.82, 2.24) is 58.6 Å². The number of halogens is 7. The lowest BCUT2D eigenvalue weighted by molar-refractivity contribution is -0.388. The van der Waals surface area contributed by atoms with Gasteiger partial charge in [0, 0.05) is 46.4 Å². The van der Waals surface area contributed by atoms with E-state index < -0.39 is 50.0 Å². The van der Waals surface area contributed by atoms with Gasteiger partial charge in [0.1, 0.15) is 59.5 Å². The number of thiocyanates is 3. The topological polar surface area (TPSA) is 341 Å². The van der Waals surface area contributed by atoms with Crippen LogP contribution in [0.25, 0.3) is 50.9 Å². The van der Waals surface area contributed by atoms with Crippen molar-refractivity contribution in [1.29, 1.82) is 15.8 Å². The molecule has 3 aromatic carbocycles. The van der Waals surface area contributed by atoms with Gasteiger partial charge >= 0.3 is 29.6 Å². The molecule has 0 atom stereocenters. The van der Waals surface area contributed by atoms with Gasteiger partial charge in [-0.2, -0.15) is 43.9 Å². The third-order valence-corrected chi connectivity index (χ3v) is 11.0. The quantitative estimate of drug-likeness (QED) is 0.0307. The van der Waals surface area contributed by atoms with E-state index in [0.717, 1.165) is 47.4 Å². The predicted molar refractivity (Wildman–Crippen MR) is 241 cm³/mol. The lowest BCUT2D eigenvalue weighted by atomic mass is 10.2. The number of nitro groups is 3. The molecular weight excluding hydrogens is 1070 g/mol. The fourth-order valence-electron chi connectivity index (χ4n) is 5.96. The average molecular weight is 1080 g/mol. The van der Waals surface area contributed by atoms with Crippen LogP contribution in [0.1, 0.15) is 5.56 Å². The highest BCUT2D eigenvalue weighted by molar-refractivity contribution is 8.04. The van der Waals surface area contributed by atoms with E-state index in [1.165, 1.54) is 35.7 Å². The van der Waals surface area contributed by atoms with Crippen molar-refractivity contribution < 1.29 is 45.8 Å². The summed E-state index contributed by atoms with van der Waals surface area (Å²) in [5.41, 5.74) is 0.0650. The molecule has 0 bridgehead atoms. The molecule has 9 aromatic rings. The molecule has 366 valence electrons. The third-order valence-electron chi connectivity index (χ3n) is 8.97. The smallest absolute Gasteiger partial charge is 0.406 e. The highest BCUT2D eigenvalue weighted by atomic mass is 35.5. The molecule has 0 unspecified atom stereocenters. The van der Waals surface area contributed by atoms with Gasteiger partial charge in [0.2, 0.25) is 17.8 Å². The highest BCUT2D eigenvalue weighted by Gasteiger charge is 2.32. The number of hydrogen-bond acceptors (Lipinski definition) is 22. The molecule has 35 heteroatoms. The van der Waals surface area contributed by atoms with E-state index in [0.29, 0.717) is 56.9 Å². The summed E-state index contributed by atoms with van der Waals surface area (Å²) in [6.45, 7) is 0. The number of thioether (sulfide) groups is 3. The van der Waals surface area contributed by atoms with Crippen molar-refractivity contribution in [3.05, 3.63) is 133 Å². The molecule has 25 nitrogen and oxygen atoms in total. The summed E-state index contributed by atoms with van der Waals surface area (Å²) in [5.74, 6) is -0.529. The maximum atomic E-state index is 12.9. The van der Waals surface area contributed by atoms with E-state index in [1.54, 1.807) is 39.0 Å². The Labute approximate surface area is 416 Å². The number of fused-ring (bicyclic) bond motifs is 3. The van der Waals surface area contributed by atoms with E-state index in [1.807, 2.05) is 0 Å². The zero-order valence-corrected chi connectivity index (χ0v) is 38.1. The summed E-state index contributed by atoms with van der Waals surface area (Å²) in [5, 5.41) is 64.2. The number of hydrogen-bond donors (Lipinski definition) is 0. The summed E-state index contributed by atoms with van der Waals surface area (Å²) in [6, 6.07) is 11.6. The number of nitriles is 3.